The van der Waals surface area contributed by atoms with Gasteiger partial charge in [0.1, 0.15) is 18.1 Å². The third kappa shape index (κ3) is 8.88. The van der Waals surface area contributed by atoms with Crippen molar-refractivity contribution in [3.8, 4) is 0 Å². The first kappa shape index (κ1) is 31.3. The summed E-state index contributed by atoms with van der Waals surface area (Å²) >= 11 is 0. The molecule has 224 valence electrons. The number of nitrogens with one attached hydrogen (secondary N) is 5. The summed E-state index contributed by atoms with van der Waals surface area (Å²) in [4.78, 5) is 83.2. The Hall–Kier alpha value is -5.25. The van der Waals surface area contributed by atoms with Crippen molar-refractivity contribution in [3.63, 3.8) is 0 Å². The number of fused-ring (bicyclic) bond motifs is 1. The number of para-hydroxylation sites is 1. The molecule has 42 heavy (non-hydrogen) atoms. The zero-order valence-electron chi connectivity index (χ0n) is 22.3. The summed E-state index contributed by atoms with van der Waals surface area (Å²) in [5.74, 6) is -6.44. The lowest BCUT2D eigenvalue weighted by atomic mass is 10.0. The number of benzene rings is 1. The standard InChI is InChI=1S/C26H32N8O8/c27-16(7-13-10-30-17-4-2-1-3-15(13)17)23(38)33-19(9-22(36)37)25(40)32-18(5-6-21(28)35)24(39)34-20(26(41)42)8-14-11-29-12-31-14/h1-4,10-12,16,18-20,30H,5-9,27H2,(H2,28,35)(H,29,31)(H,32,40)(H,33,38)(H,34,39)(H,36,37)(H,41,42). The molecule has 3 rings (SSSR count). The number of nitrogens with two attached hydrogens (primary N) is 2. The quantitative estimate of drug-likeness (QED) is 0.0918. The first-order valence-electron chi connectivity index (χ1n) is 12.9. The van der Waals surface area contributed by atoms with Gasteiger partial charge in [-0.25, -0.2) is 9.78 Å². The van der Waals surface area contributed by atoms with Gasteiger partial charge in [-0.3, -0.25) is 24.0 Å². The minimum atomic E-state index is -1.65. The second kappa shape index (κ2) is 14.4. The predicted octanol–water partition coefficient (Wildman–Crippen LogP) is -1.72. The van der Waals surface area contributed by atoms with Gasteiger partial charge < -0.3 is 47.6 Å². The Morgan fingerprint density at radius 2 is 1.55 bits per heavy atom. The number of aromatic nitrogens is 3. The number of hydrogen-bond donors (Lipinski definition) is 9. The van der Waals surface area contributed by atoms with Crippen molar-refractivity contribution in [2.24, 2.45) is 11.5 Å². The molecule has 0 bridgehead atoms. The fourth-order valence-corrected chi connectivity index (χ4v) is 4.21. The zero-order valence-corrected chi connectivity index (χ0v) is 22.3. The fraction of sp³-hybridized carbons (Fsp3) is 0.346. The highest BCUT2D eigenvalue weighted by Gasteiger charge is 2.32. The summed E-state index contributed by atoms with van der Waals surface area (Å²) in [5, 5.41) is 26.6. The molecular weight excluding hydrogens is 552 g/mol. The maximum atomic E-state index is 13.1. The molecule has 3 aromatic rings. The molecule has 0 fully saturated rings. The Labute approximate surface area is 238 Å². The highest BCUT2D eigenvalue weighted by Crippen LogP contribution is 2.19. The Morgan fingerprint density at radius 1 is 0.881 bits per heavy atom. The van der Waals surface area contributed by atoms with E-state index in [1.807, 2.05) is 24.3 Å². The van der Waals surface area contributed by atoms with Gasteiger partial charge in [-0.1, -0.05) is 18.2 Å². The predicted molar refractivity (Wildman–Crippen MR) is 146 cm³/mol. The third-order valence-corrected chi connectivity index (χ3v) is 6.37. The van der Waals surface area contributed by atoms with Gasteiger partial charge in [0.25, 0.3) is 0 Å². The normalized spacial score (nSPS) is 13.8. The highest BCUT2D eigenvalue weighted by atomic mass is 16.4. The van der Waals surface area contributed by atoms with Crippen molar-refractivity contribution in [2.75, 3.05) is 0 Å². The number of aromatic amines is 2. The van der Waals surface area contributed by atoms with Gasteiger partial charge >= 0.3 is 11.9 Å². The minimum absolute atomic E-state index is 0.0772. The van der Waals surface area contributed by atoms with Gasteiger partial charge in [-0.05, 0) is 24.5 Å². The number of carboxylic acid groups (broad SMARTS) is 2. The lowest BCUT2D eigenvalue weighted by Gasteiger charge is -2.24. The Bertz CT molecular complexity index is 1440. The number of primary amides is 1. The molecule has 4 atom stereocenters. The van der Waals surface area contributed by atoms with E-state index in [4.69, 9.17) is 11.5 Å². The van der Waals surface area contributed by atoms with Crippen LogP contribution in [0.25, 0.3) is 10.9 Å². The molecule has 2 aromatic heterocycles. The molecule has 0 spiro atoms. The molecular formula is C26H32N8O8. The van der Waals surface area contributed by atoms with Gasteiger partial charge in [0.15, 0.2) is 0 Å². The number of carbonyl (C=O) groups is 6. The number of imidazole rings is 1. The topological polar surface area (TPSA) is 275 Å². The van der Waals surface area contributed by atoms with Crippen molar-refractivity contribution in [1.82, 2.24) is 30.9 Å². The Morgan fingerprint density at radius 3 is 2.19 bits per heavy atom. The van der Waals surface area contributed by atoms with E-state index in [-0.39, 0.29) is 25.7 Å². The van der Waals surface area contributed by atoms with E-state index in [0.717, 1.165) is 16.5 Å². The first-order chi connectivity index (χ1) is 19.9. The molecule has 1 aromatic carbocycles. The van der Waals surface area contributed by atoms with Crippen LogP contribution in [-0.2, 0) is 41.6 Å². The fourth-order valence-electron chi connectivity index (χ4n) is 4.21. The Balaban J connectivity index is 1.71. The van der Waals surface area contributed by atoms with Crippen LogP contribution in [0.15, 0.2) is 43.0 Å². The average Bonchev–Trinajstić information content (AvgIpc) is 3.59. The molecule has 16 heteroatoms. The number of hydrogen-bond acceptors (Lipinski definition) is 8. The zero-order chi connectivity index (χ0) is 30.8. The molecule has 0 radical (unpaired) electrons. The van der Waals surface area contributed by atoms with E-state index in [1.165, 1.54) is 12.5 Å². The van der Waals surface area contributed by atoms with Crippen molar-refractivity contribution < 1.29 is 39.0 Å². The number of aliphatic carboxylic acids is 2. The van der Waals surface area contributed by atoms with Crippen LogP contribution in [0.2, 0.25) is 0 Å². The van der Waals surface area contributed by atoms with Crippen molar-refractivity contribution in [2.45, 2.75) is 56.3 Å². The third-order valence-electron chi connectivity index (χ3n) is 6.37. The second-order valence-electron chi connectivity index (χ2n) is 9.58. The second-order valence-corrected chi connectivity index (χ2v) is 9.58. The highest BCUT2D eigenvalue weighted by molar-refractivity contribution is 5.96. The SMILES string of the molecule is NC(=O)CCC(NC(=O)C(CC(=O)O)NC(=O)C(N)Cc1c[nH]c2ccccc12)C(=O)NC(Cc1cnc[nH]1)C(=O)O. The number of nitrogens with zero attached hydrogens (tertiary/aromatic N) is 1. The van der Waals surface area contributed by atoms with Crippen molar-refractivity contribution in [1.29, 1.82) is 0 Å². The molecule has 2 heterocycles. The molecule has 4 amide bonds. The number of amides is 4. The summed E-state index contributed by atoms with van der Waals surface area (Å²) in [5.41, 5.74) is 13.2. The van der Waals surface area contributed by atoms with Gasteiger partial charge in [-0.2, -0.15) is 0 Å². The summed E-state index contributed by atoms with van der Waals surface area (Å²) in [6, 6.07) is 1.63. The van der Waals surface area contributed by atoms with E-state index < -0.39 is 66.2 Å². The van der Waals surface area contributed by atoms with Gasteiger partial charge in [0.05, 0.1) is 18.8 Å². The maximum Gasteiger partial charge on any atom is 0.326 e. The van der Waals surface area contributed by atoms with Crippen molar-refractivity contribution in [3.05, 3.63) is 54.2 Å². The van der Waals surface area contributed by atoms with E-state index in [0.29, 0.717) is 5.69 Å². The van der Waals surface area contributed by atoms with Crippen LogP contribution >= 0.6 is 0 Å². The summed E-state index contributed by atoms with van der Waals surface area (Å²) < 4.78 is 0. The van der Waals surface area contributed by atoms with Crippen LogP contribution < -0.4 is 27.4 Å². The van der Waals surface area contributed by atoms with Crippen LogP contribution in [-0.4, -0.2) is 84.9 Å². The van der Waals surface area contributed by atoms with E-state index >= 15 is 0 Å². The monoisotopic (exact) mass is 584 g/mol. The van der Waals surface area contributed by atoms with Crippen LogP contribution in [0.1, 0.15) is 30.5 Å². The Kier molecular flexibility index (Phi) is 10.7. The number of H-pyrrole nitrogens is 2. The lowest BCUT2D eigenvalue weighted by molar-refractivity contribution is -0.143. The largest absolute Gasteiger partial charge is 0.481 e. The van der Waals surface area contributed by atoms with Crippen LogP contribution in [0, 0.1) is 0 Å². The van der Waals surface area contributed by atoms with E-state index in [1.54, 1.807) is 6.20 Å². The molecule has 11 N–H and O–H groups in total. The van der Waals surface area contributed by atoms with E-state index in [9.17, 15) is 39.0 Å². The number of rotatable bonds is 16. The van der Waals surface area contributed by atoms with Gasteiger partial charge in [0, 0.05) is 41.8 Å². The van der Waals surface area contributed by atoms with Crippen LogP contribution in [0.5, 0.6) is 0 Å². The molecule has 0 aliphatic heterocycles. The van der Waals surface area contributed by atoms with Gasteiger partial charge in [0.2, 0.25) is 23.6 Å². The number of carboxylic acids is 2. The van der Waals surface area contributed by atoms with Crippen LogP contribution in [0.4, 0.5) is 0 Å². The lowest BCUT2D eigenvalue weighted by Crippen LogP contribution is -2.58. The molecule has 0 saturated heterocycles. The molecule has 0 aliphatic carbocycles. The van der Waals surface area contributed by atoms with Crippen molar-refractivity contribution >= 4 is 46.5 Å². The van der Waals surface area contributed by atoms with Gasteiger partial charge in [-0.15, -0.1) is 0 Å². The summed E-state index contributed by atoms with van der Waals surface area (Å²) in [6.07, 6.45) is 2.78. The molecule has 4 unspecified atom stereocenters. The number of carbonyl (C=O) groups excluding carboxylic acids is 4. The first-order valence-corrected chi connectivity index (χ1v) is 12.9. The summed E-state index contributed by atoms with van der Waals surface area (Å²) in [6.45, 7) is 0. The smallest absolute Gasteiger partial charge is 0.326 e. The average molecular weight is 585 g/mol. The van der Waals surface area contributed by atoms with Crippen LogP contribution in [0.3, 0.4) is 0 Å². The molecule has 0 aliphatic rings. The molecule has 16 nitrogen and oxygen atoms in total. The van der Waals surface area contributed by atoms with E-state index in [2.05, 4.69) is 30.9 Å². The molecule has 0 saturated carbocycles. The maximum absolute atomic E-state index is 13.1. The minimum Gasteiger partial charge on any atom is -0.481 e. The summed E-state index contributed by atoms with van der Waals surface area (Å²) in [7, 11) is 0.